The van der Waals surface area contributed by atoms with Crippen LogP contribution in [-0.4, -0.2) is 46.1 Å². The van der Waals surface area contributed by atoms with Crippen molar-refractivity contribution in [3.63, 3.8) is 0 Å². The summed E-state index contributed by atoms with van der Waals surface area (Å²) in [6.07, 6.45) is 6.86. The summed E-state index contributed by atoms with van der Waals surface area (Å²) in [6.45, 7) is 0.326. The maximum atomic E-state index is 11.9. The number of anilines is 2. The van der Waals surface area contributed by atoms with Gasteiger partial charge in [-0.15, -0.1) is 9.24 Å². The second-order valence-corrected chi connectivity index (χ2v) is 10.9. The lowest BCUT2D eigenvalue weighted by atomic mass is 9.82. The van der Waals surface area contributed by atoms with Gasteiger partial charge in [0.1, 0.15) is 24.0 Å². The molecule has 0 amide bonds. The molecule has 39 heavy (non-hydrogen) atoms. The van der Waals surface area contributed by atoms with E-state index < -0.39 is 17.8 Å². The highest BCUT2D eigenvalue weighted by Gasteiger charge is 2.44. The van der Waals surface area contributed by atoms with E-state index in [1.54, 1.807) is 31.3 Å². The van der Waals surface area contributed by atoms with Crippen LogP contribution in [-0.2, 0) is 10.3 Å². The van der Waals surface area contributed by atoms with Gasteiger partial charge in [-0.2, -0.15) is 0 Å². The molecule has 2 aliphatic heterocycles. The van der Waals surface area contributed by atoms with Crippen molar-refractivity contribution < 1.29 is 9.84 Å². The minimum Gasteiger partial charge on any atom is -0.384 e. The van der Waals surface area contributed by atoms with Crippen molar-refractivity contribution in [2.24, 2.45) is 0 Å². The molecule has 0 bridgehead atoms. The van der Waals surface area contributed by atoms with Crippen LogP contribution in [0.3, 0.4) is 0 Å². The Labute approximate surface area is 235 Å². The molecule has 0 fully saturated rings. The molecule has 0 saturated heterocycles. The third-order valence-electron chi connectivity index (χ3n) is 7.32. The Morgan fingerprint density at radius 1 is 1.03 bits per heavy atom. The lowest BCUT2D eigenvalue weighted by Gasteiger charge is -2.47. The van der Waals surface area contributed by atoms with Crippen LogP contribution in [0.15, 0.2) is 114 Å². The van der Waals surface area contributed by atoms with Crippen LogP contribution < -0.4 is 10.2 Å². The van der Waals surface area contributed by atoms with E-state index in [1.165, 1.54) is 0 Å². The average molecular weight is 556 g/mol. The molecule has 3 aromatic carbocycles. The maximum absolute atomic E-state index is 11.9. The van der Waals surface area contributed by atoms with Gasteiger partial charge in [0.15, 0.2) is 5.82 Å². The predicted molar refractivity (Wildman–Crippen MR) is 158 cm³/mol. The first kappa shape index (κ1) is 25.8. The summed E-state index contributed by atoms with van der Waals surface area (Å²) in [7, 11) is 4.60. The van der Waals surface area contributed by atoms with E-state index in [9.17, 15) is 5.11 Å². The number of aliphatic hydroxyl groups excluding tert-OH is 1. The zero-order valence-electron chi connectivity index (χ0n) is 21.5. The molecule has 2 N–H and O–H groups in total. The number of benzene rings is 3. The number of ether oxygens (including phenoxy) is 1. The summed E-state index contributed by atoms with van der Waals surface area (Å²) in [5, 5.41) is 16.2. The summed E-state index contributed by atoms with van der Waals surface area (Å²) in [5.74, 6) is 0.751. The number of nitrogens with zero attached hydrogens (tertiary/aromatic N) is 4. The van der Waals surface area contributed by atoms with Crippen LogP contribution in [0.5, 0.6) is 0 Å². The summed E-state index contributed by atoms with van der Waals surface area (Å²) in [6, 6.07) is 27.0. The molecule has 198 valence electrons. The van der Waals surface area contributed by atoms with Crippen LogP contribution in [0, 0.1) is 0 Å². The quantitative estimate of drug-likeness (QED) is 0.286. The van der Waals surface area contributed by atoms with Gasteiger partial charge in [0.2, 0.25) is 0 Å². The lowest BCUT2D eigenvalue weighted by molar-refractivity contribution is 0.0326. The number of methoxy groups -OCH3 is 1. The van der Waals surface area contributed by atoms with Crippen molar-refractivity contribution in [1.29, 1.82) is 0 Å². The van der Waals surface area contributed by atoms with Crippen LogP contribution in [0.1, 0.15) is 22.8 Å². The summed E-state index contributed by atoms with van der Waals surface area (Å²) >= 11 is 1.57. The smallest absolute Gasteiger partial charge is 0.168 e. The van der Waals surface area contributed by atoms with Gasteiger partial charge in [-0.1, -0.05) is 78.5 Å². The van der Waals surface area contributed by atoms with E-state index in [1.807, 2.05) is 41.4 Å². The Morgan fingerprint density at radius 3 is 2.38 bits per heavy atom. The summed E-state index contributed by atoms with van der Waals surface area (Å²) in [5.41, 5.74) is 3.53. The van der Waals surface area contributed by atoms with E-state index >= 15 is 0 Å². The highest BCUT2D eigenvalue weighted by molar-refractivity contribution is 7.99. The maximum Gasteiger partial charge on any atom is 0.168 e. The van der Waals surface area contributed by atoms with Gasteiger partial charge in [0.25, 0.3) is 0 Å². The minimum absolute atomic E-state index is 0.326. The standard InChI is InChI=1S/C30H30N5O2PS/c1-37-20-34-24-18-21(12-13-25(24)39-29-28(34)31-14-15-33-29)26(36)27-32-16-17-35(27)30(19-38,22-8-4-2-5-9-22)23-10-6-3-7-11-23/h2-18,26-27,32,36H,19-20,38H2,1H3. The van der Waals surface area contributed by atoms with E-state index in [2.05, 4.69) is 84.2 Å². The Morgan fingerprint density at radius 2 is 1.72 bits per heavy atom. The largest absolute Gasteiger partial charge is 0.384 e. The van der Waals surface area contributed by atoms with E-state index in [4.69, 9.17) is 4.74 Å². The monoisotopic (exact) mass is 555 g/mol. The van der Waals surface area contributed by atoms with Gasteiger partial charge in [0, 0.05) is 36.8 Å². The van der Waals surface area contributed by atoms with E-state index in [-0.39, 0.29) is 0 Å². The highest BCUT2D eigenvalue weighted by Crippen LogP contribution is 2.48. The van der Waals surface area contributed by atoms with Gasteiger partial charge in [-0.05, 0) is 35.0 Å². The van der Waals surface area contributed by atoms with Gasteiger partial charge >= 0.3 is 0 Å². The molecule has 4 aromatic rings. The normalized spacial score (nSPS) is 16.9. The molecular weight excluding hydrogens is 525 g/mol. The van der Waals surface area contributed by atoms with Crippen molar-refractivity contribution in [3.8, 4) is 0 Å². The molecule has 0 spiro atoms. The summed E-state index contributed by atoms with van der Waals surface area (Å²) in [4.78, 5) is 14.4. The second-order valence-electron chi connectivity index (χ2n) is 9.44. The number of hydrogen-bond acceptors (Lipinski definition) is 8. The number of fused-ring (bicyclic) bond motifs is 2. The number of aliphatic hydroxyl groups is 1. The van der Waals surface area contributed by atoms with Crippen LogP contribution in [0.4, 0.5) is 11.5 Å². The molecule has 0 aliphatic carbocycles. The third kappa shape index (κ3) is 4.47. The van der Waals surface area contributed by atoms with Crippen LogP contribution in [0.2, 0.25) is 0 Å². The zero-order chi connectivity index (χ0) is 26.8. The molecule has 7 nitrogen and oxygen atoms in total. The predicted octanol–water partition coefficient (Wildman–Crippen LogP) is 5.24. The molecule has 2 aliphatic rings. The minimum atomic E-state index is -0.828. The molecule has 9 heteroatoms. The molecule has 0 saturated carbocycles. The molecule has 6 rings (SSSR count). The van der Waals surface area contributed by atoms with Crippen molar-refractivity contribution in [3.05, 3.63) is 120 Å². The molecule has 3 atom stereocenters. The van der Waals surface area contributed by atoms with E-state index in [0.717, 1.165) is 44.3 Å². The zero-order valence-corrected chi connectivity index (χ0v) is 23.5. The molecule has 3 unspecified atom stereocenters. The SMILES string of the molecule is COCN1c2cc(C(O)C3NC=CN3C(CP)(c3ccccc3)c3ccccc3)ccc2Sc2nccnc21. The van der Waals surface area contributed by atoms with Crippen molar-refractivity contribution in [2.75, 3.05) is 24.9 Å². The average Bonchev–Trinajstić information content (AvgIpc) is 3.49. The van der Waals surface area contributed by atoms with Gasteiger partial charge < -0.3 is 20.1 Å². The fourth-order valence-electron chi connectivity index (χ4n) is 5.49. The highest BCUT2D eigenvalue weighted by atomic mass is 32.2. The van der Waals surface area contributed by atoms with Crippen LogP contribution in [0.25, 0.3) is 0 Å². The van der Waals surface area contributed by atoms with Crippen LogP contribution >= 0.6 is 21.0 Å². The topological polar surface area (TPSA) is 73.8 Å². The fraction of sp³-hybridized carbons (Fsp3) is 0.200. The molecular formula is C30H30N5O2PS. The molecule has 3 heterocycles. The fourth-order valence-corrected chi connectivity index (χ4v) is 7.16. The summed E-state index contributed by atoms with van der Waals surface area (Å²) < 4.78 is 5.52. The number of aromatic nitrogens is 2. The van der Waals surface area contributed by atoms with Crippen molar-refractivity contribution in [1.82, 2.24) is 20.2 Å². The Hall–Kier alpha value is -3.42. The first-order valence-electron chi connectivity index (χ1n) is 12.8. The Kier molecular flexibility index (Phi) is 7.28. The number of hydrogen-bond donors (Lipinski definition) is 2. The first-order valence-corrected chi connectivity index (χ1v) is 14.4. The van der Waals surface area contributed by atoms with Crippen molar-refractivity contribution in [2.45, 2.75) is 27.7 Å². The Balaban J connectivity index is 1.40. The molecule has 0 radical (unpaired) electrons. The van der Waals surface area contributed by atoms with Gasteiger partial charge in [-0.3, -0.25) is 4.90 Å². The third-order valence-corrected chi connectivity index (χ3v) is 8.96. The number of nitrogens with one attached hydrogen (secondary N) is 1. The van der Waals surface area contributed by atoms with E-state index in [0.29, 0.717) is 6.73 Å². The van der Waals surface area contributed by atoms with Crippen molar-refractivity contribution >= 4 is 32.5 Å². The Bertz CT molecular complexity index is 1430. The van der Waals surface area contributed by atoms with Gasteiger partial charge in [0.05, 0.1) is 11.2 Å². The second kappa shape index (κ2) is 11.0. The first-order chi connectivity index (χ1) is 19.2. The molecule has 1 aromatic heterocycles. The lowest BCUT2D eigenvalue weighted by Crippen LogP contribution is -2.54. The van der Waals surface area contributed by atoms with Gasteiger partial charge in [-0.25, -0.2) is 9.97 Å². The number of rotatable bonds is 8.